The largest absolute Gasteiger partial charge is 0.467 e. The van der Waals surface area contributed by atoms with Gasteiger partial charge in [0.2, 0.25) is 0 Å². The summed E-state index contributed by atoms with van der Waals surface area (Å²) >= 11 is 0. The number of carbonyl (C=O) groups is 2. The number of rotatable bonds is 14. The third-order valence-electron chi connectivity index (χ3n) is 9.56. The lowest BCUT2D eigenvalue weighted by atomic mass is 9.77. The maximum Gasteiger partial charge on any atom is 0.410 e. The molecule has 0 N–H and O–H groups in total. The highest BCUT2D eigenvalue weighted by Crippen LogP contribution is 2.48. The first-order valence-corrected chi connectivity index (χ1v) is 16.8. The minimum atomic E-state index is -1.08. The summed E-state index contributed by atoms with van der Waals surface area (Å²) in [5, 5.41) is 0. The van der Waals surface area contributed by atoms with Crippen LogP contribution in [0.25, 0.3) is 0 Å². The standard InChI is InChI=1S/C36H47NO13/c1-21-26-31(50-36(2,3)49-26)30(43-17-22-13-9-7-10-14-22)25(37(21)35(39)44-18-23-15-11-8-12-16-23)27(45-19-40-4)24-28-32(33(38)42-6)48-34(47-28)29(24)46-20-41-5/h7-16,21,24-32,34H,17-20H2,1-6H3/t21-,24+,25+,26+,27+,28-,29-,30+,31+,32-,34-/m1/s1. The molecular formula is C36H47NO13. The Morgan fingerprint density at radius 2 is 1.44 bits per heavy atom. The van der Waals surface area contributed by atoms with Crippen molar-refractivity contribution in [1.82, 2.24) is 4.90 Å². The maximum atomic E-state index is 14.5. The molecule has 2 aromatic carbocycles. The number of nitrogens with zero attached hydrogens (tertiary/aromatic N) is 1. The third kappa shape index (κ3) is 7.54. The summed E-state index contributed by atoms with van der Waals surface area (Å²) < 4.78 is 66.5. The van der Waals surface area contributed by atoms with Gasteiger partial charge in [0, 0.05) is 20.1 Å². The van der Waals surface area contributed by atoms with Gasteiger partial charge in [-0.3, -0.25) is 4.90 Å². The Bertz CT molecular complexity index is 1410. The zero-order chi connectivity index (χ0) is 35.4. The molecular weight excluding hydrogens is 654 g/mol. The van der Waals surface area contributed by atoms with Crippen molar-refractivity contribution in [1.29, 1.82) is 0 Å². The summed E-state index contributed by atoms with van der Waals surface area (Å²) in [4.78, 5) is 29.0. The van der Waals surface area contributed by atoms with Crippen LogP contribution in [0.4, 0.5) is 4.79 Å². The van der Waals surface area contributed by atoms with Crippen LogP contribution in [-0.4, -0.2) is 119 Å². The molecule has 0 aliphatic carbocycles. The topological polar surface area (TPSA) is 139 Å². The average Bonchev–Trinajstić information content (AvgIpc) is 3.81. The number of likely N-dealkylation sites (tertiary alicyclic amines) is 1. The Hall–Kier alpha value is -3.18. The van der Waals surface area contributed by atoms with Gasteiger partial charge in [0.15, 0.2) is 18.2 Å². The Morgan fingerprint density at radius 1 is 0.800 bits per heavy atom. The molecule has 4 fully saturated rings. The van der Waals surface area contributed by atoms with Crippen LogP contribution in [0, 0.1) is 5.92 Å². The molecule has 1 amide bonds. The normalized spacial score (nSPS) is 33.2. The molecule has 0 saturated carbocycles. The number of carbonyl (C=O) groups excluding carboxylic acids is 2. The van der Waals surface area contributed by atoms with Crippen molar-refractivity contribution in [2.75, 3.05) is 34.9 Å². The lowest BCUT2D eigenvalue weighted by Gasteiger charge is -2.52. The van der Waals surface area contributed by atoms with E-state index >= 15 is 0 Å². The molecule has 14 heteroatoms. The molecule has 0 radical (unpaired) electrons. The van der Waals surface area contributed by atoms with Crippen molar-refractivity contribution >= 4 is 12.1 Å². The number of piperidine rings is 1. The zero-order valence-electron chi connectivity index (χ0n) is 29.2. The molecule has 6 rings (SSSR count). The lowest BCUT2D eigenvalue weighted by molar-refractivity contribution is -0.230. The number of methoxy groups -OCH3 is 3. The van der Waals surface area contributed by atoms with Crippen molar-refractivity contribution in [3.8, 4) is 0 Å². The van der Waals surface area contributed by atoms with Gasteiger partial charge < -0.3 is 52.1 Å². The first-order chi connectivity index (χ1) is 24.2. The number of benzene rings is 2. The molecule has 4 heterocycles. The zero-order valence-corrected chi connectivity index (χ0v) is 29.2. The van der Waals surface area contributed by atoms with E-state index in [1.54, 1.807) is 4.90 Å². The molecule has 4 aliphatic rings. The number of esters is 1. The van der Waals surface area contributed by atoms with Crippen molar-refractivity contribution in [2.24, 2.45) is 5.92 Å². The highest BCUT2D eigenvalue weighted by Gasteiger charge is 2.67. The highest BCUT2D eigenvalue weighted by atomic mass is 16.8. The fourth-order valence-electron chi connectivity index (χ4n) is 7.51. The maximum absolute atomic E-state index is 14.5. The van der Waals surface area contributed by atoms with E-state index in [0.29, 0.717) is 0 Å². The van der Waals surface area contributed by atoms with Crippen molar-refractivity contribution in [3.05, 3.63) is 71.8 Å². The van der Waals surface area contributed by atoms with Crippen LogP contribution < -0.4 is 0 Å². The van der Waals surface area contributed by atoms with Crippen LogP contribution in [-0.2, 0) is 70.1 Å². The Labute approximate surface area is 292 Å². The molecule has 50 heavy (non-hydrogen) atoms. The number of hydrogen-bond acceptors (Lipinski definition) is 13. The van der Waals surface area contributed by atoms with E-state index in [1.807, 2.05) is 81.4 Å². The predicted octanol–water partition coefficient (Wildman–Crippen LogP) is 3.39. The average molecular weight is 702 g/mol. The number of hydrogen-bond donors (Lipinski definition) is 0. The van der Waals surface area contributed by atoms with Gasteiger partial charge in [-0.15, -0.1) is 0 Å². The molecule has 4 aliphatic heterocycles. The van der Waals surface area contributed by atoms with Crippen LogP contribution in [0.15, 0.2) is 60.7 Å². The van der Waals surface area contributed by atoms with Gasteiger partial charge >= 0.3 is 12.1 Å². The molecule has 4 saturated heterocycles. The van der Waals surface area contributed by atoms with Gasteiger partial charge in [0.25, 0.3) is 0 Å². The van der Waals surface area contributed by atoms with Crippen LogP contribution in [0.2, 0.25) is 0 Å². The molecule has 0 aromatic heterocycles. The first kappa shape index (κ1) is 36.6. The smallest absolute Gasteiger partial charge is 0.410 e. The summed E-state index contributed by atoms with van der Waals surface area (Å²) in [7, 11) is 4.28. The quantitative estimate of drug-likeness (QED) is 0.210. The van der Waals surface area contributed by atoms with Gasteiger partial charge in [-0.1, -0.05) is 60.7 Å². The summed E-state index contributed by atoms with van der Waals surface area (Å²) in [5.41, 5.74) is 1.73. The van der Waals surface area contributed by atoms with E-state index in [1.165, 1.54) is 21.3 Å². The molecule has 11 atom stereocenters. The summed E-state index contributed by atoms with van der Waals surface area (Å²) in [5.74, 6) is -2.31. The van der Waals surface area contributed by atoms with Gasteiger partial charge in [-0.2, -0.15) is 0 Å². The third-order valence-corrected chi connectivity index (χ3v) is 9.56. The monoisotopic (exact) mass is 701 g/mol. The SMILES string of the molecule is COCO[C@H]1[C@@H]2O[C@H]([C@@H]1[C@H](OCOC)[C@H]1[C@H](OCc3ccccc3)[C@H]3OC(C)(C)O[C@H]3[C@@H](C)N1C(=O)OCc1ccccc1)[C@H](C(=O)OC)O2. The van der Waals surface area contributed by atoms with Crippen LogP contribution >= 0.6 is 0 Å². The minimum Gasteiger partial charge on any atom is -0.467 e. The summed E-state index contributed by atoms with van der Waals surface area (Å²) in [6.07, 6.45) is -7.28. The Balaban J connectivity index is 1.44. The van der Waals surface area contributed by atoms with E-state index in [2.05, 4.69) is 0 Å². The minimum absolute atomic E-state index is 0.0285. The molecule has 14 nitrogen and oxygen atoms in total. The summed E-state index contributed by atoms with van der Waals surface area (Å²) in [6.45, 7) is 5.50. The van der Waals surface area contributed by atoms with E-state index in [4.69, 9.17) is 52.1 Å². The Kier molecular flexibility index (Phi) is 11.7. The van der Waals surface area contributed by atoms with Crippen LogP contribution in [0.5, 0.6) is 0 Å². The second-order valence-corrected chi connectivity index (χ2v) is 13.2. The van der Waals surface area contributed by atoms with Gasteiger partial charge in [-0.25, -0.2) is 9.59 Å². The van der Waals surface area contributed by atoms with Crippen molar-refractivity contribution < 1.29 is 61.7 Å². The van der Waals surface area contributed by atoms with Crippen LogP contribution in [0.1, 0.15) is 31.9 Å². The van der Waals surface area contributed by atoms with Gasteiger partial charge in [-0.05, 0) is 31.9 Å². The first-order valence-electron chi connectivity index (χ1n) is 16.8. The lowest BCUT2D eigenvalue weighted by Crippen LogP contribution is -2.72. The number of amides is 1. The van der Waals surface area contributed by atoms with Crippen LogP contribution in [0.3, 0.4) is 0 Å². The molecule has 274 valence electrons. The molecule has 0 unspecified atom stereocenters. The van der Waals surface area contributed by atoms with E-state index in [0.717, 1.165) is 11.1 Å². The van der Waals surface area contributed by atoms with Crippen molar-refractivity contribution in [2.45, 2.75) is 101 Å². The Morgan fingerprint density at radius 3 is 2.08 bits per heavy atom. The van der Waals surface area contributed by atoms with E-state index < -0.39 is 84.9 Å². The van der Waals surface area contributed by atoms with E-state index in [9.17, 15) is 9.59 Å². The fourth-order valence-corrected chi connectivity index (χ4v) is 7.51. The predicted molar refractivity (Wildman–Crippen MR) is 173 cm³/mol. The number of ether oxygens (including phenoxy) is 11. The second kappa shape index (κ2) is 16.0. The van der Waals surface area contributed by atoms with Crippen molar-refractivity contribution in [3.63, 3.8) is 0 Å². The number of fused-ring (bicyclic) bond motifs is 3. The molecule has 0 spiro atoms. The summed E-state index contributed by atoms with van der Waals surface area (Å²) in [6, 6.07) is 17.6. The highest BCUT2D eigenvalue weighted by molar-refractivity contribution is 5.76. The van der Waals surface area contributed by atoms with E-state index in [-0.39, 0.29) is 26.8 Å². The fraction of sp³-hybridized carbons (Fsp3) is 0.611. The molecule has 2 aromatic rings. The second-order valence-electron chi connectivity index (χ2n) is 13.2. The van der Waals surface area contributed by atoms with Gasteiger partial charge in [0.05, 0.1) is 31.9 Å². The van der Waals surface area contributed by atoms with Gasteiger partial charge in [0.1, 0.15) is 50.7 Å². The molecule has 2 bridgehead atoms.